The second-order valence-corrected chi connectivity index (χ2v) is 6.58. The van der Waals surface area contributed by atoms with Crippen LogP contribution in [-0.2, 0) is 14.8 Å². The minimum absolute atomic E-state index is 0.159. The van der Waals surface area contributed by atoms with Gasteiger partial charge in [-0.3, -0.25) is 9.89 Å². The number of sulfonamides is 1. The molecule has 0 bridgehead atoms. The Morgan fingerprint density at radius 3 is 2.58 bits per heavy atom. The average molecular weight is 287 g/mol. The van der Waals surface area contributed by atoms with Gasteiger partial charge >= 0.3 is 5.97 Å². The van der Waals surface area contributed by atoms with Crippen LogP contribution < -0.4 is 4.72 Å². The number of aromatic nitrogens is 2. The minimum Gasteiger partial charge on any atom is -0.481 e. The van der Waals surface area contributed by atoms with E-state index in [1.54, 1.807) is 13.8 Å². The lowest BCUT2D eigenvalue weighted by Gasteiger charge is -2.13. The molecular formula is C11H17N3O4S. The molecule has 106 valence electrons. The van der Waals surface area contributed by atoms with E-state index < -0.39 is 21.9 Å². The molecule has 2 atom stereocenters. The van der Waals surface area contributed by atoms with Gasteiger partial charge in [-0.15, -0.1) is 0 Å². The predicted molar refractivity (Wildman–Crippen MR) is 67.1 cm³/mol. The summed E-state index contributed by atoms with van der Waals surface area (Å²) in [6.45, 7) is 3.26. The Labute approximate surface area is 111 Å². The number of H-pyrrole nitrogens is 1. The first-order valence-corrected chi connectivity index (χ1v) is 7.56. The third-order valence-electron chi connectivity index (χ3n) is 3.43. The molecule has 0 saturated heterocycles. The molecule has 1 saturated carbocycles. The Morgan fingerprint density at radius 1 is 1.42 bits per heavy atom. The van der Waals surface area contributed by atoms with Crippen LogP contribution in [0.25, 0.3) is 0 Å². The van der Waals surface area contributed by atoms with Crippen molar-refractivity contribution < 1.29 is 18.3 Å². The molecule has 0 spiro atoms. The molecule has 1 aromatic rings. The molecule has 8 heteroatoms. The number of aromatic amines is 1. The quantitative estimate of drug-likeness (QED) is 0.749. The lowest BCUT2D eigenvalue weighted by Crippen LogP contribution is -2.34. The summed E-state index contributed by atoms with van der Waals surface area (Å²) in [4.78, 5) is 11.0. The number of nitrogens with one attached hydrogen (secondary N) is 2. The topological polar surface area (TPSA) is 112 Å². The summed E-state index contributed by atoms with van der Waals surface area (Å²) in [6.07, 6.45) is 1.39. The fraction of sp³-hybridized carbons (Fsp3) is 0.636. The summed E-state index contributed by atoms with van der Waals surface area (Å²) in [5.74, 6) is -1.32. The molecule has 1 heterocycles. The van der Waals surface area contributed by atoms with Gasteiger partial charge in [0.25, 0.3) is 0 Å². The van der Waals surface area contributed by atoms with Gasteiger partial charge in [-0.05, 0) is 33.1 Å². The van der Waals surface area contributed by atoms with Crippen molar-refractivity contribution in [1.29, 1.82) is 0 Å². The summed E-state index contributed by atoms with van der Waals surface area (Å²) < 4.78 is 27.1. The van der Waals surface area contributed by atoms with Crippen LogP contribution in [0.3, 0.4) is 0 Å². The van der Waals surface area contributed by atoms with Gasteiger partial charge in [-0.1, -0.05) is 0 Å². The van der Waals surface area contributed by atoms with Gasteiger partial charge in [0.1, 0.15) is 4.90 Å². The summed E-state index contributed by atoms with van der Waals surface area (Å²) >= 11 is 0. The number of hydrogen-bond donors (Lipinski definition) is 3. The Balaban J connectivity index is 2.13. The largest absolute Gasteiger partial charge is 0.481 e. The second-order valence-electron chi connectivity index (χ2n) is 4.93. The lowest BCUT2D eigenvalue weighted by atomic mass is 10.1. The number of carboxylic acids is 1. The predicted octanol–water partition coefficient (Wildman–Crippen LogP) is 0.558. The lowest BCUT2D eigenvalue weighted by molar-refractivity contribution is -0.141. The molecule has 0 aliphatic heterocycles. The van der Waals surface area contributed by atoms with Crippen molar-refractivity contribution in [3.05, 3.63) is 11.4 Å². The van der Waals surface area contributed by atoms with E-state index in [1.165, 1.54) is 0 Å². The maximum atomic E-state index is 12.2. The Bertz CT molecular complexity index is 574. The van der Waals surface area contributed by atoms with Crippen LogP contribution in [0.15, 0.2) is 4.90 Å². The molecule has 1 fully saturated rings. The van der Waals surface area contributed by atoms with Crippen LogP contribution in [0.2, 0.25) is 0 Å². The molecule has 1 aromatic heterocycles. The molecule has 1 aliphatic rings. The molecule has 1 aliphatic carbocycles. The van der Waals surface area contributed by atoms with Gasteiger partial charge in [0, 0.05) is 6.04 Å². The van der Waals surface area contributed by atoms with E-state index in [1.807, 2.05) is 0 Å². The van der Waals surface area contributed by atoms with Crippen LogP contribution in [0.4, 0.5) is 0 Å². The summed E-state index contributed by atoms with van der Waals surface area (Å²) in [5, 5.41) is 15.4. The Kier molecular flexibility index (Phi) is 3.64. The molecule has 0 radical (unpaired) electrons. The highest BCUT2D eigenvalue weighted by molar-refractivity contribution is 7.89. The zero-order valence-corrected chi connectivity index (χ0v) is 11.6. The molecular weight excluding hydrogens is 270 g/mol. The van der Waals surface area contributed by atoms with Crippen molar-refractivity contribution in [2.24, 2.45) is 5.92 Å². The van der Waals surface area contributed by atoms with Crippen molar-refractivity contribution in [2.75, 3.05) is 0 Å². The first-order chi connectivity index (χ1) is 8.81. The van der Waals surface area contributed by atoms with Crippen molar-refractivity contribution in [3.8, 4) is 0 Å². The number of hydrogen-bond acceptors (Lipinski definition) is 4. The first-order valence-electron chi connectivity index (χ1n) is 6.08. The zero-order chi connectivity index (χ0) is 14.2. The van der Waals surface area contributed by atoms with Crippen LogP contribution in [-0.4, -0.2) is 35.7 Å². The van der Waals surface area contributed by atoms with Gasteiger partial charge in [0.15, 0.2) is 0 Å². The van der Waals surface area contributed by atoms with Gasteiger partial charge in [-0.2, -0.15) is 5.10 Å². The Hall–Kier alpha value is -1.41. The van der Waals surface area contributed by atoms with Gasteiger partial charge in [-0.25, -0.2) is 13.1 Å². The van der Waals surface area contributed by atoms with Gasteiger partial charge in [0.05, 0.1) is 17.3 Å². The van der Waals surface area contributed by atoms with E-state index in [0.29, 0.717) is 30.7 Å². The SMILES string of the molecule is Cc1n[nH]c(C)c1S(=O)(=O)N[C@H]1CC[C@@H](C(=O)O)C1. The van der Waals surface area contributed by atoms with Crippen LogP contribution in [0.5, 0.6) is 0 Å². The van der Waals surface area contributed by atoms with Crippen molar-refractivity contribution >= 4 is 16.0 Å². The summed E-state index contributed by atoms with van der Waals surface area (Å²) in [6, 6.07) is -0.320. The molecule has 0 aromatic carbocycles. The zero-order valence-electron chi connectivity index (χ0n) is 10.8. The maximum absolute atomic E-state index is 12.2. The number of carboxylic acid groups (broad SMARTS) is 1. The highest BCUT2D eigenvalue weighted by atomic mass is 32.2. The van der Waals surface area contributed by atoms with E-state index >= 15 is 0 Å². The molecule has 2 rings (SSSR count). The highest BCUT2D eigenvalue weighted by Crippen LogP contribution is 2.27. The molecule has 3 N–H and O–H groups in total. The third-order valence-corrected chi connectivity index (χ3v) is 5.22. The Morgan fingerprint density at radius 2 is 2.11 bits per heavy atom. The van der Waals surface area contributed by atoms with Crippen LogP contribution >= 0.6 is 0 Å². The van der Waals surface area contributed by atoms with Gasteiger partial charge < -0.3 is 5.11 Å². The van der Waals surface area contributed by atoms with E-state index in [0.717, 1.165) is 0 Å². The van der Waals surface area contributed by atoms with E-state index in [9.17, 15) is 13.2 Å². The van der Waals surface area contributed by atoms with Crippen molar-refractivity contribution in [3.63, 3.8) is 0 Å². The normalized spacial score (nSPS) is 23.7. The monoisotopic (exact) mass is 287 g/mol. The number of aliphatic carboxylic acids is 1. The fourth-order valence-corrected chi connectivity index (χ4v) is 4.18. The first kappa shape index (κ1) is 14.0. The molecule has 0 unspecified atom stereocenters. The van der Waals surface area contributed by atoms with Crippen molar-refractivity contribution in [2.45, 2.75) is 44.0 Å². The summed E-state index contributed by atoms with van der Waals surface area (Å²) in [7, 11) is -3.65. The standard InChI is InChI=1S/C11H17N3O4S/c1-6-10(7(2)13-12-6)19(17,18)14-9-4-3-8(5-9)11(15)16/h8-9,14H,3-5H2,1-2H3,(H,12,13)(H,15,16)/t8-,9+/m1/s1. The smallest absolute Gasteiger partial charge is 0.306 e. The fourth-order valence-electron chi connectivity index (χ4n) is 2.53. The van der Waals surface area contributed by atoms with Crippen LogP contribution in [0, 0.1) is 19.8 Å². The number of carbonyl (C=O) groups is 1. The van der Waals surface area contributed by atoms with E-state index in [-0.39, 0.29) is 10.9 Å². The molecule has 0 amide bonds. The maximum Gasteiger partial charge on any atom is 0.306 e. The minimum atomic E-state index is -3.65. The van der Waals surface area contributed by atoms with Crippen LogP contribution in [0.1, 0.15) is 30.7 Å². The molecule has 19 heavy (non-hydrogen) atoms. The number of aryl methyl sites for hydroxylation is 2. The highest BCUT2D eigenvalue weighted by Gasteiger charge is 2.33. The van der Waals surface area contributed by atoms with E-state index in [2.05, 4.69) is 14.9 Å². The second kappa shape index (κ2) is 4.93. The van der Waals surface area contributed by atoms with Crippen molar-refractivity contribution in [1.82, 2.24) is 14.9 Å². The third kappa shape index (κ3) is 2.79. The average Bonchev–Trinajstić information content (AvgIpc) is 2.85. The number of nitrogens with zero attached hydrogens (tertiary/aromatic N) is 1. The van der Waals surface area contributed by atoms with E-state index in [4.69, 9.17) is 5.11 Å². The summed E-state index contributed by atoms with van der Waals surface area (Å²) in [5.41, 5.74) is 0.899. The molecule has 7 nitrogen and oxygen atoms in total. The number of rotatable bonds is 4. The van der Waals surface area contributed by atoms with Gasteiger partial charge in [0.2, 0.25) is 10.0 Å².